The first-order chi connectivity index (χ1) is 14.6. The molecule has 4 rings (SSSR count). The first-order valence-corrected chi connectivity index (χ1v) is 10.3. The maximum absolute atomic E-state index is 12.6. The Hall–Kier alpha value is -3.28. The Balaban J connectivity index is 1.48. The Morgan fingerprint density at radius 2 is 1.97 bits per heavy atom. The Kier molecular flexibility index (Phi) is 5.74. The van der Waals surface area contributed by atoms with E-state index in [0.717, 1.165) is 30.5 Å². The van der Waals surface area contributed by atoms with Gasteiger partial charge in [-0.15, -0.1) is 0 Å². The van der Waals surface area contributed by atoms with Gasteiger partial charge >= 0.3 is 0 Å². The summed E-state index contributed by atoms with van der Waals surface area (Å²) in [7, 11) is 1.58. The van der Waals surface area contributed by atoms with Crippen molar-refractivity contribution < 1.29 is 14.3 Å². The van der Waals surface area contributed by atoms with Gasteiger partial charge in [-0.05, 0) is 62.4 Å². The number of carbonyl (C=O) groups is 1. The van der Waals surface area contributed by atoms with Gasteiger partial charge in [-0.3, -0.25) is 4.79 Å². The monoisotopic (exact) mass is 405 g/mol. The number of para-hydroxylation sites is 2. The highest BCUT2D eigenvalue weighted by molar-refractivity contribution is 5.78. The largest absolute Gasteiger partial charge is 0.493 e. The average molecular weight is 405 g/mol. The lowest BCUT2D eigenvalue weighted by atomic mass is 9.92. The topological polar surface area (TPSA) is 65.4 Å². The number of nitrogens with zero attached hydrogens (tertiary/aromatic N) is 2. The Bertz CT molecular complexity index is 1060. The van der Waals surface area contributed by atoms with Crippen molar-refractivity contribution in [1.29, 1.82) is 0 Å². The molecule has 1 amide bonds. The van der Waals surface area contributed by atoms with E-state index in [4.69, 9.17) is 9.47 Å². The molecule has 0 aliphatic heterocycles. The summed E-state index contributed by atoms with van der Waals surface area (Å²) >= 11 is 0. The fourth-order valence-corrected chi connectivity index (χ4v) is 4.00. The molecule has 0 saturated carbocycles. The van der Waals surface area contributed by atoms with Crippen molar-refractivity contribution in [2.24, 2.45) is 0 Å². The van der Waals surface area contributed by atoms with Gasteiger partial charge in [0.1, 0.15) is 0 Å². The van der Waals surface area contributed by atoms with Crippen LogP contribution in [0.1, 0.15) is 41.3 Å². The summed E-state index contributed by atoms with van der Waals surface area (Å²) in [6.45, 7) is 4.17. The molecule has 2 aromatic carbocycles. The third-order valence-corrected chi connectivity index (χ3v) is 5.75. The highest BCUT2D eigenvalue weighted by Gasteiger charge is 2.26. The molecule has 1 aliphatic rings. The molecule has 1 heterocycles. The van der Waals surface area contributed by atoms with Gasteiger partial charge in [0.15, 0.2) is 18.1 Å². The minimum atomic E-state index is -0.154. The SMILES string of the molecule is COc1ccccc1OCC(=O)N[C@@H]1CCCc2c1cnn2-c1cccc(C)c1C. The molecule has 6 heteroatoms. The van der Waals surface area contributed by atoms with E-state index in [-0.39, 0.29) is 18.6 Å². The number of amides is 1. The molecule has 1 atom stereocenters. The van der Waals surface area contributed by atoms with Gasteiger partial charge in [0.2, 0.25) is 0 Å². The lowest BCUT2D eigenvalue weighted by Crippen LogP contribution is -2.34. The predicted octanol–water partition coefficient (Wildman–Crippen LogP) is 4.07. The van der Waals surface area contributed by atoms with Crippen LogP contribution >= 0.6 is 0 Å². The van der Waals surface area contributed by atoms with Gasteiger partial charge in [-0.25, -0.2) is 4.68 Å². The van der Waals surface area contributed by atoms with Gasteiger partial charge in [0.25, 0.3) is 5.91 Å². The molecule has 0 saturated heterocycles. The van der Waals surface area contributed by atoms with Crippen molar-refractivity contribution in [3.8, 4) is 17.2 Å². The number of ether oxygens (including phenoxy) is 2. The summed E-state index contributed by atoms with van der Waals surface area (Å²) in [5.74, 6) is 1.01. The van der Waals surface area contributed by atoms with Crippen molar-refractivity contribution in [2.45, 2.75) is 39.2 Å². The van der Waals surface area contributed by atoms with E-state index < -0.39 is 0 Å². The van der Waals surface area contributed by atoms with E-state index in [1.54, 1.807) is 13.2 Å². The fraction of sp³-hybridized carbons (Fsp3) is 0.333. The number of rotatable bonds is 6. The summed E-state index contributed by atoms with van der Waals surface area (Å²) in [5, 5.41) is 7.78. The summed E-state index contributed by atoms with van der Waals surface area (Å²) in [5.41, 5.74) is 5.83. The Labute approximate surface area is 176 Å². The average Bonchev–Trinajstić information content (AvgIpc) is 3.19. The van der Waals surface area contributed by atoms with Crippen LogP contribution in [-0.2, 0) is 11.2 Å². The number of fused-ring (bicyclic) bond motifs is 1. The van der Waals surface area contributed by atoms with E-state index >= 15 is 0 Å². The van der Waals surface area contributed by atoms with Gasteiger partial charge in [-0.1, -0.05) is 24.3 Å². The van der Waals surface area contributed by atoms with E-state index in [2.05, 4.69) is 42.5 Å². The number of benzene rings is 2. The minimum Gasteiger partial charge on any atom is -0.493 e. The van der Waals surface area contributed by atoms with Crippen LogP contribution in [0.25, 0.3) is 5.69 Å². The molecule has 1 N–H and O–H groups in total. The van der Waals surface area contributed by atoms with Crippen LogP contribution in [0.2, 0.25) is 0 Å². The summed E-state index contributed by atoms with van der Waals surface area (Å²) < 4.78 is 13.0. The quantitative estimate of drug-likeness (QED) is 0.671. The zero-order chi connectivity index (χ0) is 21.1. The molecule has 6 nitrogen and oxygen atoms in total. The van der Waals surface area contributed by atoms with E-state index in [1.807, 2.05) is 29.1 Å². The first-order valence-electron chi connectivity index (χ1n) is 10.3. The van der Waals surface area contributed by atoms with Gasteiger partial charge in [-0.2, -0.15) is 5.10 Å². The van der Waals surface area contributed by atoms with Crippen LogP contribution in [0.3, 0.4) is 0 Å². The number of carbonyl (C=O) groups excluding carboxylic acids is 1. The lowest BCUT2D eigenvalue weighted by Gasteiger charge is -2.24. The normalized spacial score (nSPS) is 15.4. The Morgan fingerprint density at radius 1 is 1.17 bits per heavy atom. The third-order valence-electron chi connectivity index (χ3n) is 5.75. The minimum absolute atomic E-state index is 0.0543. The van der Waals surface area contributed by atoms with Gasteiger partial charge in [0.05, 0.1) is 25.0 Å². The van der Waals surface area contributed by atoms with Crippen molar-refractivity contribution in [3.63, 3.8) is 0 Å². The van der Waals surface area contributed by atoms with Crippen LogP contribution in [0.5, 0.6) is 11.5 Å². The van der Waals surface area contributed by atoms with Crippen molar-refractivity contribution in [3.05, 3.63) is 71.0 Å². The second-order valence-corrected chi connectivity index (χ2v) is 7.63. The zero-order valence-corrected chi connectivity index (χ0v) is 17.6. The van der Waals surface area contributed by atoms with Gasteiger partial charge < -0.3 is 14.8 Å². The molecule has 0 bridgehead atoms. The van der Waals surface area contributed by atoms with Crippen molar-refractivity contribution >= 4 is 5.91 Å². The first kappa shape index (κ1) is 20.0. The second-order valence-electron chi connectivity index (χ2n) is 7.63. The van der Waals surface area contributed by atoms with E-state index in [9.17, 15) is 4.79 Å². The van der Waals surface area contributed by atoms with Crippen LogP contribution in [0, 0.1) is 13.8 Å². The number of aryl methyl sites for hydroxylation is 1. The number of hydrogen-bond acceptors (Lipinski definition) is 4. The molecule has 1 aromatic heterocycles. The molecule has 1 aliphatic carbocycles. The number of methoxy groups -OCH3 is 1. The van der Waals surface area contributed by atoms with Crippen molar-refractivity contribution in [1.82, 2.24) is 15.1 Å². The smallest absolute Gasteiger partial charge is 0.258 e. The number of aromatic nitrogens is 2. The van der Waals surface area contributed by atoms with E-state index in [0.29, 0.717) is 11.5 Å². The molecule has 156 valence electrons. The molecule has 0 fully saturated rings. The molecule has 0 radical (unpaired) electrons. The zero-order valence-electron chi connectivity index (χ0n) is 17.6. The standard InChI is InChI=1S/C24H27N3O3/c1-16-8-6-10-20(17(16)2)27-21-11-7-9-19(18(21)14-25-27)26-24(28)15-30-23-13-5-4-12-22(23)29-3/h4-6,8,10,12-14,19H,7,9,11,15H2,1-3H3,(H,26,28)/t19-/m1/s1. The van der Waals surface area contributed by atoms with E-state index in [1.165, 1.54) is 16.8 Å². The molecular weight excluding hydrogens is 378 g/mol. The Morgan fingerprint density at radius 3 is 2.77 bits per heavy atom. The summed E-state index contributed by atoms with van der Waals surface area (Å²) in [6, 6.07) is 13.5. The lowest BCUT2D eigenvalue weighted by molar-refractivity contribution is -0.124. The molecule has 0 spiro atoms. The van der Waals surface area contributed by atoms with Crippen LogP contribution < -0.4 is 14.8 Å². The second kappa shape index (κ2) is 8.61. The molecular formula is C24H27N3O3. The molecule has 3 aromatic rings. The predicted molar refractivity (Wildman–Crippen MR) is 115 cm³/mol. The summed E-state index contributed by atoms with van der Waals surface area (Å²) in [4.78, 5) is 12.6. The number of hydrogen-bond donors (Lipinski definition) is 1. The highest BCUT2D eigenvalue weighted by atomic mass is 16.5. The third kappa shape index (κ3) is 3.90. The van der Waals surface area contributed by atoms with Crippen LogP contribution in [0.4, 0.5) is 0 Å². The fourth-order valence-electron chi connectivity index (χ4n) is 4.00. The molecule has 0 unspecified atom stereocenters. The maximum atomic E-state index is 12.6. The summed E-state index contributed by atoms with van der Waals surface area (Å²) in [6.07, 6.45) is 4.74. The van der Waals surface area contributed by atoms with Gasteiger partial charge in [0, 0.05) is 11.3 Å². The van der Waals surface area contributed by atoms with Crippen LogP contribution in [0.15, 0.2) is 48.7 Å². The highest BCUT2D eigenvalue weighted by Crippen LogP contribution is 2.32. The molecule has 30 heavy (non-hydrogen) atoms. The number of nitrogens with one attached hydrogen (secondary N) is 1. The van der Waals surface area contributed by atoms with Crippen LogP contribution in [-0.4, -0.2) is 29.4 Å². The maximum Gasteiger partial charge on any atom is 0.258 e. The van der Waals surface area contributed by atoms with Crippen molar-refractivity contribution in [2.75, 3.05) is 13.7 Å².